The Balaban J connectivity index is 2.97. The number of rotatable bonds is 8. The van der Waals surface area contributed by atoms with Crippen molar-refractivity contribution in [1.82, 2.24) is 0 Å². The number of hydrogen-bond donors (Lipinski definition) is 0. The fourth-order valence-electron chi connectivity index (χ4n) is 1.94. The van der Waals surface area contributed by atoms with Crippen molar-refractivity contribution < 1.29 is 4.39 Å². The zero-order chi connectivity index (χ0) is 17.1. The number of thioether (sulfide) groups is 1. The molecule has 0 aliphatic rings. The topological polar surface area (TPSA) is 40.3 Å². The minimum Gasteiger partial charge on any atom is -0.255 e. The van der Waals surface area contributed by atoms with Gasteiger partial charge in [-0.05, 0) is 31.9 Å². The van der Waals surface area contributed by atoms with Crippen LogP contribution in [0.25, 0.3) is 0 Å². The van der Waals surface area contributed by atoms with Gasteiger partial charge in [0.05, 0.1) is 17.8 Å². The monoisotopic (exact) mass is 336 g/mol. The fraction of sp³-hybridized carbons (Fsp3) is 0.471. The van der Waals surface area contributed by atoms with Gasteiger partial charge in [0.25, 0.3) is 0 Å². The largest absolute Gasteiger partial charge is 0.255 e. The van der Waals surface area contributed by atoms with Crippen LogP contribution in [0.5, 0.6) is 0 Å². The Hall–Kier alpha value is -1.69. The van der Waals surface area contributed by atoms with Crippen molar-refractivity contribution in [3.8, 4) is 0 Å². The summed E-state index contributed by atoms with van der Waals surface area (Å²) < 4.78 is 14.3. The van der Waals surface area contributed by atoms with E-state index in [4.69, 9.17) is 0 Å². The van der Waals surface area contributed by atoms with Crippen molar-refractivity contribution in [2.24, 2.45) is 15.3 Å². The van der Waals surface area contributed by atoms with Gasteiger partial charge in [0, 0.05) is 24.1 Å². The summed E-state index contributed by atoms with van der Waals surface area (Å²) in [6.45, 7) is 6.75. The van der Waals surface area contributed by atoms with Crippen LogP contribution in [-0.4, -0.2) is 18.6 Å². The van der Waals surface area contributed by atoms with Crippen LogP contribution in [0.3, 0.4) is 0 Å². The summed E-state index contributed by atoms with van der Waals surface area (Å²) in [4.78, 5) is 4.33. The lowest BCUT2D eigenvalue weighted by Crippen LogP contribution is -2.18. The molecule has 0 spiro atoms. The molecule has 23 heavy (non-hydrogen) atoms. The van der Waals surface area contributed by atoms with Gasteiger partial charge in [-0.25, -0.2) is 9.40 Å². The molecule has 1 aromatic carbocycles. The third-order valence-corrected chi connectivity index (χ3v) is 3.98. The second-order valence-electron chi connectivity index (χ2n) is 4.88. The maximum absolute atomic E-state index is 14.3. The molecule has 0 amide bonds. The van der Waals surface area contributed by atoms with Crippen LogP contribution in [0.4, 0.5) is 10.1 Å². The van der Waals surface area contributed by atoms with Gasteiger partial charge in [-0.3, -0.25) is 4.99 Å². The van der Waals surface area contributed by atoms with Gasteiger partial charge >= 0.3 is 0 Å². The van der Waals surface area contributed by atoms with E-state index in [1.165, 1.54) is 17.8 Å². The maximum atomic E-state index is 14.3. The maximum Gasteiger partial charge on any atom is 0.129 e. The summed E-state index contributed by atoms with van der Waals surface area (Å²) in [5.41, 5.74) is 1.40. The number of nitrogens with zero attached hydrogens (tertiary/aromatic N) is 4. The first-order valence-corrected chi connectivity index (χ1v) is 8.79. The Labute approximate surface area is 142 Å². The summed E-state index contributed by atoms with van der Waals surface area (Å²) in [5.74, 6) is 0.288. The van der Waals surface area contributed by atoms with Crippen molar-refractivity contribution in [2.45, 2.75) is 39.4 Å². The van der Waals surface area contributed by atoms with Crippen LogP contribution in [-0.2, 0) is 5.75 Å². The molecule has 126 valence electrons. The van der Waals surface area contributed by atoms with Gasteiger partial charge in [0.2, 0.25) is 0 Å². The molecule has 0 N–H and O–H groups in total. The Bertz CT molecular complexity index is 570. The van der Waals surface area contributed by atoms with E-state index < -0.39 is 0 Å². The zero-order valence-corrected chi connectivity index (χ0v) is 15.1. The predicted octanol–water partition coefficient (Wildman–Crippen LogP) is 5.61. The lowest BCUT2D eigenvalue weighted by molar-refractivity contribution is 0.615. The van der Waals surface area contributed by atoms with E-state index in [0.717, 1.165) is 23.6 Å². The molecule has 0 fully saturated rings. The number of anilines is 1. The Morgan fingerprint density at radius 3 is 2.78 bits per heavy atom. The summed E-state index contributed by atoms with van der Waals surface area (Å²) in [7, 11) is 1.62. The van der Waals surface area contributed by atoms with Crippen molar-refractivity contribution in [2.75, 3.05) is 18.6 Å². The number of hydrogen-bond acceptors (Lipinski definition) is 4. The molecule has 0 heterocycles. The molecule has 0 unspecified atom stereocenters. The van der Waals surface area contributed by atoms with E-state index in [2.05, 4.69) is 29.2 Å². The van der Waals surface area contributed by atoms with E-state index in [0.29, 0.717) is 17.9 Å². The Morgan fingerprint density at radius 1 is 1.35 bits per heavy atom. The van der Waals surface area contributed by atoms with E-state index >= 15 is 0 Å². The third-order valence-electron chi connectivity index (χ3n) is 3.03. The van der Waals surface area contributed by atoms with Gasteiger partial charge < -0.3 is 0 Å². The molecule has 0 saturated carbocycles. The van der Waals surface area contributed by atoms with Crippen molar-refractivity contribution in [3.05, 3.63) is 41.9 Å². The molecule has 1 aromatic rings. The van der Waals surface area contributed by atoms with E-state index in [9.17, 15) is 4.39 Å². The zero-order valence-electron chi connectivity index (χ0n) is 14.3. The van der Waals surface area contributed by atoms with E-state index in [-0.39, 0.29) is 5.82 Å². The van der Waals surface area contributed by atoms with Gasteiger partial charge in [-0.2, -0.15) is 5.11 Å². The van der Waals surface area contributed by atoms with Crippen LogP contribution in [0, 0.1) is 5.82 Å². The molecular formula is C17H25FN4S. The minimum atomic E-state index is -0.223. The quantitative estimate of drug-likeness (QED) is 0.268. The lowest BCUT2D eigenvalue weighted by Gasteiger charge is -2.20. The van der Waals surface area contributed by atoms with Crippen LogP contribution in [0.2, 0.25) is 0 Å². The number of halogens is 1. The average Bonchev–Trinajstić information content (AvgIpc) is 2.53. The SMILES string of the molecule is CC/C=C\N=C(C)SCc1c(F)cccc1N(CCC)N=NC. The normalized spacial score (nSPS) is 12.5. The summed E-state index contributed by atoms with van der Waals surface area (Å²) in [5, 5.41) is 10.6. The summed E-state index contributed by atoms with van der Waals surface area (Å²) in [6.07, 6.45) is 5.64. The highest BCUT2D eigenvalue weighted by molar-refractivity contribution is 8.13. The average molecular weight is 336 g/mol. The van der Waals surface area contributed by atoms with Crippen LogP contribution in [0.1, 0.15) is 39.2 Å². The van der Waals surface area contributed by atoms with Gasteiger partial charge in [0.15, 0.2) is 0 Å². The second-order valence-corrected chi connectivity index (χ2v) is 6.05. The van der Waals surface area contributed by atoms with Gasteiger partial charge in [0.1, 0.15) is 5.82 Å². The van der Waals surface area contributed by atoms with E-state index in [1.54, 1.807) is 24.3 Å². The number of benzene rings is 1. The van der Waals surface area contributed by atoms with Crippen molar-refractivity contribution in [1.29, 1.82) is 0 Å². The number of aliphatic imine (C=N–C) groups is 1. The highest BCUT2D eigenvalue weighted by Crippen LogP contribution is 2.28. The molecule has 0 aliphatic carbocycles. The highest BCUT2D eigenvalue weighted by atomic mass is 32.2. The smallest absolute Gasteiger partial charge is 0.129 e. The first kappa shape index (κ1) is 19.4. The summed E-state index contributed by atoms with van der Waals surface area (Å²) >= 11 is 1.52. The van der Waals surface area contributed by atoms with Crippen LogP contribution < -0.4 is 5.01 Å². The van der Waals surface area contributed by atoms with Crippen molar-refractivity contribution in [3.63, 3.8) is 0 Å². The van der Waals surface area contributed by atoms with Gasteiger partial charge in [-0.15, -0.1) is 11.8 Å². The minimum absolute atomic E-state index is 0.223. The first-order valence-electron chi connectivity index (χ1n) is 7.80. The summed E-state index contributed by atoms with van der Waals surface area (Å²) in [6, 6.07) is 5.07. The Morgan fingerprint density at radius 2 is 2.13 bits per heavy atom. The lowest BCUT2D eigenvalue weighted by atomic mass is 10.2. The Kier molecular flexibility index (Phi) is 9.21. The fourth-order valence-corrected chi connectivity index (χ4v) is 2.72. The molecule has 0 aromatic heterocycles. The standard InChI is InChI=1S/C17H25FN4S/c1-5-7-11-20-14(3)23-13-15-16(18)9-8-10-17(15)22(12-6-2)21-19-4/h7-11H,5-6,12-13H2,1-4H3/b11-7-,20-14?,21-19?. The van der Waals surface area contributed by atoms with Crippen LogP contribution >= 0.6 is 11.8 Å². The molecule has 4 nitrogen and oxygen atoms in total. The molecule has 0 bridgehead atoms. The van der Waals surface area contributed by atoms with Crippen molar-refractivity contribution >= 4 is 22.5 Å². The molecule has 6 heteroatoms. The second kappa shape index (κ2) is 10.9. The molecule has 0 aliphatic heterocycles. The highest BCUT2D eigenvalue weighted by Gasteiger charge is 2.14. The molecular weight excluding hydrogens is 311 g/mol. The number of allylic oxidation sites excluding steroid dienone is 1. The molecule has 1 rings (SSSR count). The first-order chi connectivity index (χ1) is 11.1. The third kappa shape index (κ3) is 6.52. The van der Waals surface area contributed by atoms with Crippen LogP contribution in [0.15, 0.2) is 45.8 Å². The van der Waals surface area contributed by atoms with E-state index in [1.807, 2.05) is 19.1 Å². The molecule has 0 atom stereocenters. The molecule has 0 saturated heterocycles. The van der Waals surface area contributed by atoms with Gasteiger partial charge in [-0.1, -0.05) is 31.2 Å². The molecule has 0 radical (unpaired) electrons. The predicted molar refractivity (Wildman–Crippen MR) is 98.7 cm³/mol.